The predicted molar refractivity (Wildman–Crippen MR) is 78.5 cm³/mol. The molecule has 0 atom stereocenters. The van der Waals surface area contributed by atoms with Crippen molar-refractivity contribution in [2.45, 2.75) is 0 Å². The van der Waals surface area contributed by atoms with E-state index in [-0.39, 0.29) is 16.3 Å². The number of benzene rings is 2. The van der Waals surface area contributed by atoms with Crippen molar-refractivity contribution in [3.63, 3.8) is 0 Å². The van der Waals surface area contributed by atoms with Gasteiger partial charge in [0.1, 0.15) is 5.82 Å². The molecule has 1 amide bonds. The number of carbonyl (C=O) groups is 1. The molecule has 1 N–H and O–H groups in total. The van der Waals surface area contributed by atoms with Gasteiger partial charge in [-0.25, -0.2) is 8.78 Å². The highest BCUT2D eigenvalue weighted by Gasteiger charge is 2.16. The summed E-state index contributed by atoms with van der Waals surface area (Å²) < 4.78 is 27.0. The van der Waals surface area contributed by atoms with Crippen molar-refractivity contribution in [2.24, 2.45) is 0 Å². The quantitative estimate of drug-likeness (QED) is 0.753. The Balaban J connectivity index is 2.35. The van der Waals surface area contributed by atoms with Crippen LogP contribution in [0.15, 0.2) is 34.8 Å². The van der Waals surface area contributed by atoms with E-state index in [0.717, 1.165) is 6.07 Å². The molecule has 2 aromatic carbocycles. The summed E-state index contributed by atoms with van der Waals surface area (Å²) in [4.78, 5) is 12.1. The van der Waals surface area contributed by atoms with Crippen LogP contribution in [0.1, 0.15) is 10.4 Å². The molecule has 0 aromatic heterocycles. The largest absolute Gasteiger partial charge is 0.318 e. The zero-order valence-corrected chi connectivity index (χ0v) is 12.8. The van der Waals surface area contributed by atoms with Gasteiger partial charge in [-0.1, -0.05) is 23.2 Å². The molecule has 0 bridgehead atoms. The van der Waals surface area contributed by atoms with Crippen molar-refractivity contribution >= 4 is 50.7 Å². The molecule has 2 rings (SSSR count). The molecule has 0 fully saturated rings. The van der Waals surface area contributed by atoms with Crippen LogP contribution in [0, 0.1) is 11.6 Å². The van der Waals surface area contributed by atoms with Gasteiger partial charge in [0, 0.05) is 15.6 Å². The van der Waals surface area contributed by atoms with Gasteiger partial charge >= 0.3 is 0 Å². The van der Waals surface area contributed by atoms with Crippen LogP contribution < -0.4 is 5.32 Å². The molecule has 2 aromatic rings. The second-order valence-electron chi connectivity index (χ2n) is 3.82. The molecule has 0 saturated heterocycles. The summed E-state index contributed by atoms with van der Waals surface area (Å²) in [5.41, 5.74) is -0.0813. The van der Waals surface area contributed by atoms with Crippen molar-refractivity contribution < 1.29 is 13.6 Å². The Kier molecular flexibility index (Phi) is 4.62. The monoisotopic (exact) mass is 379 g/mol. The maximum atomic E-state index is 13.6. The van der Waals surface area contributed by atoms with E-state index in [1.807, 2.05) is 0 Å². The van der Waals surface area contributed by atoms with Crippen LogP contribution >= 0.6 is 39.1 Å². The predicted octanol–water partition coefficient (Wildman–Crippen LogP) is 5.29. The zero-order valence-electron chi connectivity index (χ0n) is 9.68. The molecule has 0 saturated carbocycles. The van der Waals surface area contributed by atoms with Crippen molar-refractivity contribution in [3.05, 3.63) is 62.0 Å². The molecule has 0 aliphatic carbocycles. The summed E-state index contributed by atoms with van der Waals surface area (Å²) >= 11 is 14.7. The number of hydrogen-bond donors (Lipinski definition) is 1. The van der Waals surface area contributed by atoms with Crippen molar-refractivity contribution in [1.82, 2.24) is 0 Å². The lowest BCUT2D eigenvalue weighted by Crippen LogP contribution is -2.14. The average molecular weight is 381 g/mol. The highest BCUT2D eigenvalue weighted by molar-refractivity contribution is 9.10. The number of anilines is 1. The van der Waals surface area contributed by atoms with E-state index >= 15 is 0 Å². The minimum absolute atomic E-state index is 0.206. The first-order valence-corrected chi connectivity index (χ1v) is 6.84. The fourth-order valence-corrected chi connectivity index (χ4v) is 2.35. The van der Waals surface area contributed by atoms with Gasteiger partial charge in [-0.3, -0.25) is 4.79 Å². The molecular weight excluding hydrogens is 375 g/mol. The molecule has 0 heterocycles. The summed E-state index contributed by atoms with van der Waals surface area (Å²) in [6.07, 6.45) is 0. The molecule has 0 unspecified atom stereocenters. The molecule has 0 aliphatic rings. The Bertz CT molecular complexity index is 671. The SMILES string of the molecule is O=C(Nc1c(F)cc(F)cc1Cl)c1cc(Cl)ccc1Br. The van der Waals surface area contributed by atoms with Gasteiger partial charge in [0.2, 0.25) is 0 Å². The van der Waals surface area contributed by atoms with E-state index in [0.29, 0.717) is 15.6 Å². The van der Waals surface area contributed by atoms with Gasteiger partial charge in [-0.05, 0) is 40.2 Å². The van der Waals surface area contributed by atoms with Crippen LogP contribution in [0.25, 0.3) is 0 Å². The first-order chi connectivity index (χ1) is 9.38. The van der Waals surface area contributed by atoms with Crippen molar-refractivity contribution in [3.8, 4) is 0 Å². The van der Waals surface area contributed by atoms with E-state index in [2.05, 4.69) is 21.2 Å². The molecule has 0 radical (unpaired) electrons. The molecular formula is C13H6BrCl2F2NO. The van der Waals surface area contributed by atoms with Crippen LogP contribution in [0.2, 0.25) is 10.0 Å². The maximum absolute atomic E-state index is 13.6. The van der Waals surface area contributed by atoms with Crippen molar-refractivity contribution in [1.29, 1.82) is 0 Å². The lowest BCUT2D eigenvalue weighted by Gasteiger charge is -2.10. The second kappa shape index (κ2) is 6.08. The van der Waals surface area contributed by atoms with E-state index in [1.165, 1.54) is 6.07 Å². The molecule has 2 nitrogen and oxygen atoms in total. The van der Waals surface area contributed by atoms with Gasteiger partial charge < -0.3 is 5.32 Å². The summed E-state index contributed by atoms with van der Waals surface area (Å²) in [5.74, 6) is -2.40. The second-order valence-corrected chi connectivity index (χ2v) is 5.52. The van der Waals surface area contributed by atoms with Gasteiger partial charge in [-0.15, -0.1) is 0 Å². The van der Waals surface area contributed by atoms with E-state index in [9.17, 15) is 13.6 Å². The standard InChI is InChI=1S/C13H6BrCl2F2NO/c14-9-2-1-6(15)3-8(9)13(20)19-12-10(16)4-7(17)5-11(12)18/h1-5H,(H,19,20). The topological polar surface area (TPSA) is 29.1 Å². The minimum atomic E-state index is -0.957. The zero-order chi connectivity index (χ0) is 14.9. The Morgan fingerprint density at radius 2 is 1.85 bits per heavy atom. The Hall–Kier alpha value is -1.17. The van der Waals surface area contributed by atoms with Crippen LogP contribution in [0.5, 0.6) is 0 Å². The van der Waals surface area contributed by atoms with E-state index in [1.54, 1.807) is 12.1 Å². The summed E-state index contributed by atoms with van der Waals surface area (Å²) in [7, 11) is 0. The minimum Gasteiger partial charge on any atom is -0.318 e. The normalized spacial score (nSPS) is 10.4. The number of carbonyl (C=O) groups excluding carboxylic acids is 1. The first kappa shape index (κ1) is 15.2. The average Bonchev–Trinajstić information content (AvgIpc) is 2.36. The maximum Gasteiger partial charge on any atom is 0.256 e. The van der Waals surface area contributed by atoms with Crippen LogP contribution in [0.3, 0.4) is 0 Å². The fraction of sp³-hybridized carbons (Fsp3) is 0. The molecule has 0 spiro atoms. The fourth-order valence-electron chi connectivity index (χ4n) is 1.51. The first-order valence-electron chi connectivity index (χ1n) is 5.29. The van der Waals surface area contributed by atoms with E-state index < -0.39 is 17.5 Å². The summed E-state index contributed by atoms with van der Waals surface area (Å²) in [6.45, 7) is 0. The van der Waals surface area contributed by atoms with Gasteiger partial charge in [0.05, 0.1) is 16.3 Å². The number of nitrogens with one attached hydrogen (secondary N) is 1. The number of amides is 1. The number of halogens is 5. The Morgan fingerprint density at radius 3 is 2.50 bits per heavy atom. The summed E-state index contributed by atoms with van der Waals surface area (Å²) in [5, 5.41) is 2.41. The molecule has 104 valence electrons. The molecule has 7 heteroatoms. The van der Waals surface area contributed by atoms with Gasteiger partial charge in [-0.2, -0.15) is 0 Å². The number of rotatable bonds is 2. The van der Waals surface area contributed by atoms with E-state index in [4.69, 9.17) is 23.2 Å². The smallest absolute Gasteiger partial charge is 0.256 e. The number of hydrogen-bond acceptors (Lipinski definition) is 1. The third-order valence-electron chi connectivity index (χ3n) is 2.42. The highest BCUT2D eigenvalue weighted by atomic mass is 79.9. The highest BCUT2D eigenvalue weighted by Crippen LogP contribution is 2.28. The lowest BCUT2D eigenvalue weighted by molar-refractivity contribution is 0.102. The third-order valence-corrected chi connectivity index (χ3v) is 3.64. The lowest BCUT2D eigenvalue weighted by atomic mass is 10.2. The Morgan fingerprint density at radius 1 is 1.15 bits per heavy atom. The molecule has 0 aliphatic heterocycles. The van der Waals surface area contributed by atoms with Gasteiger partial charge in [0.15, 0.2) is 5.82 Å². The van der Waals surface area contributed by atoms with Crippen LogP contribution in [0.4, 0.5) is 14.5 Å². The van der Waals surface area contributed by atoms with Crippen molar-refractivity contribution in [2.75, 3.05) is 5.32 Å². The van der Waals surface area contributed by atoms with Gasteiger partial charge in [0.25, 0.3) is 5.91 Å². The summed E-state index contributed by atoms with van der Waals surface area (Å²) in [6, 6.07) is 6.13. The van der Waals surface area contributed by atoms with Crippen LogP contribution in [-0.4, -0.2) is 5.91 Å². The molecule has 20 heavy (non-hydrogen) atoms. The Labute approximate surface area is 131 Å². The van der Waals surface area contributed by atoms with Crippen LogP contribution in [-0.2, 0) is 0 Å². The third kappa shape index (κ3) is 3.29.